The Morgan fingerprint density at radius 1 is 1.41 bits per heavy atom. The van der Waals surface area contributed by atoms with Crippen LogP contribution in [0.15, 0.2) is 18.2 Å². The Labute approximate surface area is 105 Å². The molecule has 0 aromatic heterocycles. The molecule has 17 heavy (non-hydrogen) atoms. The summed E-state index contributed by atoms with van der Waals surface area (Å²) in [7, 11) is 0. The lowest BCUT2D eigenvalue weighted by atomic mass is 10.1. The molecule has 3 nitrogen and oxygen atoms in total. The number of morpholine rings is 1. The lowest BCUT2D eigenvalue weighted by Crippen LogP contribution is -2.46. The number of ether oxygens (including phenoxy) is 1. The summed E-state index contributed by atoms with van der Waals surface area (Å²) < 4.78 is 18.3. The third-order valence-corrected chi connectivity index (χ3v) is 3.12. The number of nitrogens with one attached hydrogen (secondary N) is 1. The van der Waals surface area contributed by atoms with Crippen LogP contribution >= 0.6 is 11.6 Å². The fourth-order valence-electron chi connectivity index (χ4n) is 1.82. The maximum absolute atomic E-state index is 13.0. The molecule has 0 aliphatic carbocycles. The van der Waals surface area contributed by atoms with Gasteiger partial charge in [0.1, 0.15) is 5.82 Å². The number of benzene rings is 1. The van der Waals surface area contributed by atoms with Gasteiger partial charge in [-0.3, -0.25) is 0 Å². The Morgan fingerprint density at radius 2 is 2.12 bits per heavy atom. The van der Waals surface area contributed by atoms with Crippen LogP contribution in [0, 0.1) is 5.82 Å². The zero-order valence-electron chi connectivity index (χ0n) is 9.75. The Kier molecular flexibility index (Phi) is 4.34. The number of hydrogen-bond acceptors (Lipinski definition) is 3. The summed E-state index contributed by atoms with van der Waals surface area (Å²) in [5.41, 5.74) is 4.33. The second-order valence-electron chi connectivity index (χ2n) is 4.12. The molecule has 1 N–H and O–H groups in total. The van der Waals surface area contributed by atoms with E-state index in [-0.39, 0.29) is 16.9 Å². The fraction of sp³-hybridized carbons (Fsp3) is 0.500. The van der Waals surface area contributed by atoms with Crippen LogP contribution in [0.3, 0.4) is 0 Å². The third kappa shape index (κ3) is 3.39. The molecule has 1 unspecified atom stereocenters. The second-order valence-corrected chi connectivity index (χ2v) is 4.53. The van der Waals surface area contributed by atoms with E-state index in [0.29, 0.717) is 0 Å². The Hall–Kier alpha value is -0.680. The van der Waals surface area contributed by atoms with Crippen molar-refractivity contribution in [2.75, 3.05) is 26.3 Å². The van der Waals surface area contributed by atoms with Crippen LogP contribution in [0.4, 0.5) is 4.39 Å². The van der Waals surface area contributed by atoms with Crippen molar-refractivity contribution in [3.8, 4) is 0 Å². The maximum atomic E-state index is 13.0. The molecule has 0 saturated carbocycles. The Bertz CT molecular complexity index is 383. The van der Waals surface area contributed by atoms with Crippen LogP contribution in [0.1, 0.15) is 18.5 Å². The van der Waals surface area contributed by atoms with Gasteiger partial charge in [-0.2, -0.15) is 0 Å². The van der Waals surface area contributed by atoms with Gasteiger partial charge in [0.25, 0.3) is 0 Å². The minimum absolute atomic E-state index is 0.103. The predicted octanol–water partition coefficient (Wildman–Crippen LogP) is 2.38. The summed E-state index contributed by atoms with van der Waals surface area (Å²) in [4.78, 5) is 0. The maximum Gasteiger partial charge on any atom is 0.141 e. The normalized spacial score (nSPS) is 19.2. The van der Waals surface area contributed by atoms with Gasteiger partial charge in [0.05, 0.1) is 18.2 Å². The first kappa shape index (κ1) is 12.8. The quantitative estimate of drug-likeness (QED) is 0.901. The summed E-state index contributed by atoms with van der Waals surface area (Å²) in [6.07, 6.45) is 0. The molecule has 1 atom stereocenters. The molecule has 0 radical (unpaired) electrons. The van der Waals surface area contributed by atoms with Crippen molar-refractivity contribution in [3.05, 3.63) is 34.6 Å². The predicted molar refractivity (Wildman–Crippen MR) is 65.4 cm³/mol. The first-order valence-electron chi connectivity index (χ1n) is 5.70. The number of halogens is 2. The molecular formula is C12H16ClFN2O. The van der Waals surface area contributed by atoms with Crippen molar-refractivity contribution in [1.29, 1.82) is 0 Å². The lowest BCUT2D eigenvalue weighted by molar-refractivity contribution is 0.00484. The molecule has 94 valence electrons. The molecule has 0 bridgehead atoms. The smallest absolute Gasteiger partial charge is 0.141 e. The molecule has 5 heteroatoms. The average Bonchev–Trinajstić information content (AvgIpc) is 2.34. The molecule has 1 fully saturated rings. The summed E-state index contributed by atoms with van der Waals surface area (Å²) in [6, 6.07) is 4.91. The van der Waals surface area contributed by atoms with Crippen LogP contribution in [-0.2, 0) is 4.74 Å². The van der Waals surface area contributed by atoms with Crippen molar-refractivity contribution in [2.45, 2.75) is 13.0 Å². The highest BCUT2D eigenvalue weighted by molar-refractivity contribution is 6.30. The minimum Gasteiger partial charge on any atom is -0.379 e. The molecule has 1 aliphatic heterocycles. The van der Waals surface area contributed by atoms with E-state index in [1.54, 1.807) is 12.1 Å². The molecule has 1 heterocycles. The number of nitrogens with zero attached hydrogens (tertiary/aromatic N) is 1. The van der Waals surface area contributed by atoms with Crippen molar-refractivity contribution < 1.29 is 9.13 Å². The molecule has 0 spiro atoms. The minimum atomic E-state index is -0.381. The van der Waals surface area contributed by atoms with Crippen molar-refractivity contribution >= 4 is 11.6 Å². The van der Waals surface area contributed by atoms with Crippen molar-refractivity contribution in [1.82, 2.24) is 10.4 Å². The summed E-state index contributed by atoms with van der Waals surface area (Å²) in [5.74, 6) is -0.381. The molecular weight excluding hydrogens is 243 g/mol. The molecule has 1 saturated heterocycles. The molecule has 0 amide bonds. The fourth-order valence-corrected chi connectivity index (χ4v) is 2.01. The highest BCUT2D eigenvalue weighted by Crippen LogP contribution is 2.20. The molecule has 1 aliphatic rings. The van der Waals surface area contributed by atoms with Crippen molar-refractivity contribution in [3.63, 3.8) is 0 Å². The van der Waals surface area contributed by atoms with E-state index in [1.807, 2.05) is 6.92 Å². The number of hydrazine groups is 1. The first-order chi connectivity index (χ1) is 8.16. The van der Waals surface area contributed by atoms with E-state index >= 15 is 0 Å². The zero-order valence-corrected chi connectivity index (χ0v) is 10.5. The number of hydrogen-bond donors (Lipinski definition) is 1. The topological polar surface area (TPSA) is 24.5 Å². The zero-order chi connectivity index (χ0) is 12.3. The highest BCUT2D eigenvalue weighted by atomic mass is 35.5. The van der Waals surface area contributed by atoms with Gasteiger partial charge in [0, 0.05) is 19.1 Å². The van der Waals surface area contributed by atoms with Gasteiger partial charge >= 0.3 is 0 Å². The summed E-state index contributed by atoms with van der Waals surface area (Å²) in [5, 5.41) is 2.28. The van der Waals surface area contributed by atoms with Crippen molar-refractivity contribution in [2.24, 2.45) is 0 Å². The average molecular weight is 259 g/mol. The van der Waals surface area contributed by atoms with Crippen LogP contribution < -0.4 is 5.43 Å². The van der Waals surface area contributed by atoms with Crippen LogP contribution in [0.5, 0.6) is 0 Å². The molecule has 1 aromatic rings. The number of rotatable bonds is 3. The van der Waals surface area contributed by atoms with E-state index in [4.69, 9.17) is 16.3 Å². The Morgan fingerprint density at radius 3 is 2.76 bits per heavy atom. The van der Waals surface area contributed by atoms with E-state index in [2.05, 4.69) is 10.4 Å². The second kappa shape index (κ2) is 5.78. The van der Waals surface area contributed by atoms with Gasteiger partial charge in [0.2, 0.25) is 0 Å². The van der Waals surface area contributed by atoms with Gasteiger partial charge < -0.3 is 4.74 Å². The lowest BCUT2D eigenvalue weighted by Gasteiger charge is -2.30. The standard InChI is InChI=1S/C12H16ClFN2O/c1-9(15-16-4-6-17-7-5-16)10-2-3-12(14)11(13)8-10/h2-3,8-9,15H,4-7H2,1H3. The van der Waals surface area contributed by atoms with Crippen LogP contribution in [0.2, 0.25) is 5.02 Å². The van der Waals surface area contributed by atoms with Gasteiger partial charge in [-0.05, 0) is 24.6 Å². The largest absolute Gasteiger partial charge is 0.379 e. The van der Waals surface area contributed by atoms with E-state index in [9.17, 15) is 4.39 Å². The van der Waals surface area contributed by atoms with E-state index in [1.165, 1.54) is 6.07 Å². The van der Waals surface area contributed by atoms with Gasteiger partial charge in [-0.15, -0.1) is 0 Å². The first-order valence-corrected chi connectivity index (χ1v) is 6.08. The van der Waals surface area contributed by atoms with E-state index < -0.39 is 0 Å². The van der Waals surface area contributed by atoms with Crippen LogP contribution in [-0.4, -0.2) is 31.3 Å². The van der Waals surface area contributed by atoms with E-state index in [0.717, 1.165) is 31.9 Å². The van der Waals surface area contributed by atoms with Gasteiger partial charge in [-0.1, -0.05) is 17.7 Å². The highest BCUT2D eigenvalue weighted by Gasteiger charge is 2.14. The third-order valence-electron chi connectivity index (χ3n) is 2.83. The monoisotopic (exact) mass is 258 g/mol. The Balaban J connectivity index is 1.98. The molecule has 2 rings (SSSR count). The SMILES string of the molecule is CC(NN1CCOCC1)c1ccc(F)c(Cl)c1. The van der Waals surface area contributed by atoms with Gasteiger partial charge in [0.15, 0.2) is 0 Å². The van der Waals surface area contributed by atoms with Crippen LogP contribution in [0.25, 0.3) is 0 Å². The summed E-state index contributed by atoms with van der Waals surface area (Å²) >= 11 is 5.76. The molecule has 1 aromatic carbocycles. The summed E-state index contributed by atoms with van der Waals surface area (Å²) in [6.45, 7) is 5.23. The van der Waals surface area contributed by atoms with Gasteiger partial charge in [-0.25, -0.2) is 14.8 Å².